The van der Waals surface area contributed by atoms with Gasteiger partial charge in [-0.2, -0.15) is 5.26 Å². The van der Waals surface area contributed by atoms with Gasteiger partial charge in [-0.3, -0.25) is 14.5 Å². The number of nitriles is 1. The number of nitrogens with one attached hydrogen (secondary N) is 1. The van der Waals surface area contributed by atoms with E-state index in [9.17, 15) is 19.2 Å². The average Bonchev–Trinajstić information content (AvgIpc) is 3.13. The molecule has 1 atom stereocenters. The SMILES string of the molecule is N#C/C(C(=O)Nc1ccc(Cl)cc1Cl)=C1\S[C@@H](Cc2ccc(F)cc2)C(=O)N1c1ccccc1. The van der Waals surface area contributed by atoms with Gasteiger partial charge in [0.15, 0.2) is 0 Å². The molecule has 3 aromatic carbocycles. The zero-order valence-electron chi connectivity index (χ0n) is 17.5. The molecule has 1 aliphatic heterocycles. The fraction of sp³-hybridized carbons (Fsp3) is 0.0800. The van der Waals surface area contributed by atoms with Crippen molar-refractivity contribution in [3.05, 3.63) is 105 Å². The Bertz CT molecular complexity index is 1320. The maximum atomic E-state index is 13.4. The zero-order valence-corrected chi connectivity index (χ0v) is 19.8. The Kier molecular flexibility index (Phi) is 7.23. The number of para-hydroxylation sites is 1. The highest BCUT2D eigenvalue weighted by molar-refractivity contribution is 8.05. The van der Waals surface area contributed by atoms with Crippen LogP contribution >= 0.6 is 35.0 Å². The van der Waals surface area contributed by atoms with Crippen LogP contribution in [-0.2, 0) is 16.0 Å². The van der Waals surface area contributed by atoms with Gasteiger partial charge in [0, 0.05) is 10.7 Å². The number of rotatable bonds is 5. The first kappa shape index (κ1) is 23.8. The number of hydrogen-bond donors (Lipinski definition) is 1. The monoisotopic (exact) mass is 511 g/mol. The molecule has 34 heavy (non-hydrogen) atoms. The lowest BCUT2D eigenvalue weighted by Crippen LogP contribution is -2.30. The van der Waals surface area contributed by atoms with Crippen LogP contribution in [0.3, 0.4) is 0 Å². The van der Waals surface area contributed by atoms with Crippen LogP contribution in [0.2, 0.25) is 10.0 Å². The maximum absolute atomic E-state index is 13.4. The molecule has 1 N–H and O–H groups in total. The van der Waals surface area contributed by atoms with Gasteiger partial charge >= 0.3 is 0 Å². The van der Waals surface area contributed by atoms with E-state index >= 15 is 0 Å². The Morgan fingerprint density at radius 1 is 1.09 bits per heavy atom. The van der Waals surface area contributed by atoms with Crippen molar-refractivity contribution in [2.24, 2.45) is 0 Å². The van der Waals surface area contributed by atoms with Crippen molar-refractivity contribution in [3.63, 3.8) is 0 Å². The van der Waals surface area contributed by atoms with Crippen molar-refractivity contribution in [1.29, 1.82) is 5.26 Å². The number of nitrogens with zero attached hydrogens (tertiary/aromatic N) is 2. The molecule has 0 bridgehead atoms. The van der Waals surface area contributed by atoms with Gasteiger partial charge < -0.3 is 5.32 Å². The van der Waals surface area contributed by atoms with E-state index in [1.807, 2.05) is 6.07 Å². The first-order valence-electron chi connectivity index (χ1n) is 10.1. The van der Waals surface area contributed by atoms with Crippen LogP contribution < -0.4 is 10.2 Å². The summed E-state index contributed by atoms with van der Waals surface area (Å²) < 4.78 is 13.3. The predicted molar refractivity (Wildman–Crippen MR) is 133 cm³/mol. The van der Waals surface area contributed by atoms with Crippen LogP contribution in [0.5, 0.6) is 0 Å². The van der Waals surface area contributed by atoms with Crippen molar-refractivity contribution in [2.45, 2.75) is 11.7 Å². The molecule has 4 rings (SSSR count). The topological polar surface area (TPSA) is 73.2 Å². The number of benzene rings is 3. The quantitative estimate of drug-likeness (QED) is 0.327. The zero-order chi connectivity index (χ0) is 24.2. The van der Waals surface area contributed by atoms with Gasteiger partial charge in [0.25, 0.3) is 5.91 Å². The lowest BCUT2D eigenvalue weighted by Gasteiger charge is -2.18. The van der Waals surface area contributed by atoms with Crippen LogP contribution in [0, 0.1) is 17.1 Å². The number of carbonyl (C=O) groups is 2. The van der Waals surface area contributed by atoms with E-state index in [2.05, 4.69) is 5.32 Å². The summed E-state index contributed by atoms with van der Waals surface area (Å²) in [5.74, 6) is -1.35. The van der Waals surface area contributed by atoms with E-state index in [1.54, 1.807) is 48.5 Å². The largest absolute Gasteiger partial charge is 0.320 e. The van der Waals surface area contributed by atoms with Crippen LogP contribution in [-0.4, -0.2) is 17.1 Å². The van der Waals surface area contributed by atoms with Crippen molar-refractivity contribution >= 4 is 58.2 Å². The molecule has 3 aromatic rings. The third kappa shape index (κ3) is 5.10. The highest BCUT2D eigenvalue weighted by Gasteiger charge is 2.40. The molecular weight excluding hydrogens is 496 g/mol. The van der Waals surface area contributed by atoms with Gasteiger partial charge in [0.1, 0.15) is 22.5 Å². The van der Waals surface area contributed by atoms with E-state index in [1.165, 1.54) is 29.2 Å². The number of amides is 2. The molecule has 1 heterocycles. The Hall–Kier alpha value is -3.31. The number of thioether (sulfide) groups is 1. The fourth-order valence-corrected chi connectivity index (χ4v) is 5.17. The summed E-state index contributed by atoms with van der Waals surface area (Å²) in [4.78, 5) is 27.9. The number of halogens is 3. The second-order valence-corrected chi connectivity index (χ2v) is 9.35. The van der Waals surface area contributed by atoms with Crippen molar-refractivity contribution in [3.8, 4) is 6.07 Å². The Morgan fingerprint density at radius 2 is 1.79 bits per heavy atom. The normalized spacial score (nSPS) is 16.8. The molecule has 9 heteroatoms. The molecule has 1 saturated heterocycles. The summed E-state index contributed by atoms with van der Waals surface area (Å²) in [7, 11) is 0. The fourth-order valence-electron chi connectivity index (χ4n) is 3.41. The first-order valence-corrected chi connectivity index (χ1v) is 11.7. The molecule has 2 amide bonds. The molecule has 5 nitrogen and oxygen atoms in total. The minimum Gasteiger partial charge on any atom is -0.320 e. The Labute approximate surface area is 209 Å². The van der Waals surface area contributed by atoms with Crippen LogP contribution in [0.25, 0.3) is 0 Å². The lowest BCUT2D eigenvalue weighted by molar-refractivity contribution is -0.117. The van der Waals surface area contributed by atoms with Gasteiger partial charge in [0.2, 0.25) is 5.91 Å². The Morgan fingerprint density at radius 3 is 2.44 bits per heavy atom. The van der Waals surface area contributed by atoms with Crippen molar-refractivity contribution in [1.82, 2.24) is 0 Å². The van der Waals surface area contributed by atoms with E-state index < -0.39 is 11.2 Å². The van der Waals surface area contributed by atoms with Crippen LogP contribution in [0.4, 0.5) is 15.8 Å². The highest BCUT2D eigenvalue weighted by atomic mass is 35.5. The van der Waals surface area contributed by atoms with Gasteiger partial charge in [-0.05, 0) is 54.4 Å². The molecular formula is C25H16Cl2FN3O2S. The lowest BCUT2D eigenvalue weighted by atomic mass is 10.1. The van der Waals surface area contributed by atoms with Gasteiger partial charge in [-0.25, -0.2) is 4.39 Å². The second kappa shape index (κ2) is 10.3. The summed E-state index contributed by atoms with van der Waals surface area (Å²) in [6.45, 7) is 0. The summed E-state index contributed by atoms with van der Waals surface area (Å²) in [5.41, 5.74) is 1.35. The number of carbonyl (C=O) groups excluding carboxylic acids is 2. The first-order chi connectivity index (χ1) is 16.4. The summed E-state index contributed by atoms with van der Waals surface area (Å²) >= 11 is 13.2. The molecule has 0 unspecified atom stereocenters. The molecule has 0 aliphatic carbocycles. The summed E-state index contributed by atoms with van der Waals surface area (Å²) in [6, 6.07) is 21.2. The number of hydrogen-bond acceptors (Lipinski definition) is 4. The minimum absolute atomic E-state index is 0.215. The van der Waals surface area contributed by atoms with E-state index in [0.717, 1.165) is 17.3 Å². The molecule has 0 aromatic heterocycles. The number of anilines is 2. The van der Waals surface area contributed by atoms with Crippen LogP contribution in [0.1, 0.15) is 5.56 Å². The van der Waals surface area contributed by atoms with E-state index in [-0.39, 0.29) is 33.0 Å². The predicted octanol–water partition coefficient (Wildman–Crippen LogP) is 6.20. The molecule has 170 valence electrons. The van der Waals surface area contributed by atoms with E-state index in [4.69, 9.17) is 23.2 Å². The Balaban J connectivity index is 1.71. The van der Waals surface area contributed by atoms with Gasteiger partial charge in [0.05, 0.1) is 16.0 Å². The van der Waals surface area contributed by atoms with Gasteiger partial charge in [-0.15, -0.1) is 0 Å². The maximum Gasteiger partial charge on any atom is 0.269 e. The third-order valence-electron chi connectivity index (χ3n) is 5.03. The summed E-state index contributed by atoms with van der Waals surface area (Å²) in [5, 5.41) is 12.7. The third-order valence-corrected chi connectivity index (χ3v) is 6.84. The van der Waals surface area contributed by atoms with Crippen molar-refractivity contribution < 1.29 is 14.0 Å². The minimum atomic E-state index is -0.703. The second-order valence-electron chi connectivity index (χ2n) is 7.32. The molecule has 1 fully saturated rings. The van der Waals surface area contributed by atoms with Crippen molar-refractivity contribution in [2.75, 3.05) is 10.2 Å². The molecule has 0 radical (unpaired) electrons. The summed E-state index contributed by atoms with van der Waals surface area (Å²) in [6.07, 6.45) is 0.306. The smallest absolute Gasteiger partial charge is 0.269 e. The standard InChI is InChI=1S/C25H16Cl2FN3O2S/c26-16-8-11-21(20(27)13-16)30-23(32)19(14-29)25-31(18-4-2-1-3-5-18)24(33)22(34-25)12-15-6-9-17(28)10-7-15/h1-11,13,22H,12H2,(H,30,32)/b25-19+/t22-/m0/s1. The van der Waals surface area contributed by atoms with Crippen LogP contribution in [0.15, 0.2) is 83.4 Å². The molecule has 0 spiro atoms. The molecule has 1 aliphatic rings. The van der Waals surface area contributed by atoms with E-state index in [0.29, 0.717) is 17.1 Å². The molecule has 0 saturated carbocycles. The highest BCUT2D eigenvalue weighted by Crippen LogP contribution is 2.42. The van der Waals surface area contributed by atoms with Gasteiger partial charge in [-0.1, -0.05) is 65.3 Å². The average molecular weight is 512 g/mol.